The maximum absolute atomic E-state index is 6.05. The van der Waals surface area contributed by atoms with E-state index in [1.807, 2.05) is 0 Å². The van der Waals surface area contributed by atoms with Gasteiger partial charge in [-0.15, -0.1) is 0 Å². The summed E-state index contributed by atoms with van der Waals surface area (Å²) >= 11 is 0. The Hall–Kier alpha value is -1.55. The molecule has 1 heterocycles. The maximum Gasteiger partial charge on any atom is 0.191 e. The predicted molar refractivity (Wildman–Crippen MR) is 84.9 cm³/mol. The molecule has 4 nitrogen and oxygen atoms in total. The maximum atomic E-state index is 6.05. The molecule has 0 spiro atoms. The Morgan fingerprint density at radius 2 is 1.95 bits per heavy atom. The first kappa shape index (κ1) is 14.9. The number of guanidine groups is 1. The second-order valence-corrected chi connectivity index (χ2v) is 5.26. The van der Waals surface area contributed by atoms with Gasteiger partial charge in [0, 0.05) is 13.1 Å². The van der Waals surface area contributed by atoms with Crippen molar-refractivity contribution in [2.75, 3.05) is 32.7 Å². The molecular formula is C16H26N4. The highest BCUT2D eigenvalue weighted by Crippen LogP contribution is 2.14. The standard InChI is InChI=1S/C16H26N4/c1-3-19(4-2)10-11-20-15(13-18-16(20)17)12-14-8-6-5-7-9-14/h5-9,15H,3-4,10-13H2,1-2H3,(H2,17,18). The van der Waals surface area contributed by atoms with Crippen molar-refractivity contribution in [3.05, 3.63) is 35.9 Å². The minimum Gasteiger partial charge on any atom is -0.370 e. The molecule has 1 aromatic rings. The topological polar surface area (TPSA) is 44.9 Å². The number of likely N-dealkylation sites (N-methyl/N-ethyl adjacent to an activating group) is 1. The summed E-state index contributed by atoms with van der Waals surface area (Å²) in [6.45, 7) is 9.41. The number of rotatable bonds is 7. The van der Waals surface area contributed by atoms with Crippen molar-refractivity contribution in [3.63, 3.8) is 0 Å². The second-order valence-electron chi connectivity index (χ2n) is 5.26. The molecule has 0 fully saturated rings. The smallest absolute Gasteiger partial charge is 0.191 e. The summed E-state index contributed by atoms with van der Waals surface area (Å²) in [5, 5.41) is 0. The summed E-state index contributed by atoms with van der Waals surface area (Å²) in [6, 6.07) is 11.0. The molecule has 110 valence electrons. The van der Waals surface area contributed by atoms with Crippen LogP contribution in [0.3, 0.4) is 0 Å². The molecule has 1 aliphatic heterocycles. The van der Waals surface area contributed by atoms with E-state index in [1.54, 1.807) is 0 Å². The molecule has 0 aliphatic carbocycles. The van der Waals surface area contributed by atoms with Crippen LogP contribution in [0.2, 0.25) is 0 Å². The third kappa shape index (κ3) is 3.73. The van der Waals surface area contributed by atoms with E-state index in [1.165, 1.54) is 5.56 Å². The molecule has 1 unspecified atom stereocenters. The van der Waals surface area contributed by atoms with E-state index in [4.69, 9.17) is 5.73 Å². The lowest BCUT2D eigenvalue weighted by Gasteiger charge is -2.29. The molecule has 0 radical (unpaired) electrons. The fourth-order valence-corrected chi connectivity index (χ4v) is 2.72. The van der Waals surface area contributed by atoms with E-state index >= 15 is 0 Å². The molecule has 2 rings (SSSR count). The van der Waals surface area contributed by atoms with Crippen molar-refractivity contribution in [1.29, 1.82) is 0 Å². The Morgan fingerprint density at radius 1 is 1.25 bits per heavy atom. The van der Waals surface area contributed by atoms with Crippen molar-refractivity contribution < 1.29 is 0 Å². The fourth-order valence-electron chi connectivity index (χ4n) is 2.72. The number of nitrogens with zero attached hydrogens (tertiary/aromatic N) is 3. The minimum absolute atomic E-state index is 0.410. The van der Waals surface area contributed by atoms with E-state index in [2.05, 4.69) is 59.0 Å². The lowest BCUT2D eigenvalue weighted by atomic mass is 10.1. The van der Waals surface area contributed by atoms with Crippen LogP contribution >= 0.6 is 0 Å². The van der Waals surface area contributed by atoms with Gasteiger partial charge in [0.15, 0.2) is 5.96 Å². The van der Waals surface area contributed by atoms with Gasteiger partial charge in [-0.2, -0.15) is 0 Å². The molecule has 1 aromatic carbocycles. The highest BCUT2D eigenvalue weighted by molar-refractivity contribution is 5.80. The van der Waals surface area contributed by atoms with Gasteiger partial charge in [-0.25, -0.2) is 0 Å². The van der Waals surface area contributed by atoms with Crippen LogP contribution < -0.4 is 5.73 Å². The summed E-state index contributed by atoms with van der Waals surface area (Å²) in [4.78, 5) is 9.12. The molecule has 0 saturated heterocycles. The molecule has 0 amide bonds. The second kappa shape index (κ2) is 7.29. The Morgan fingerprint density at radius 3 is 2.60 bits per heavy atom. The zero-order chi connectivity index (χ0) is 14.4. The zero-order valence-corrected chi connectivity index (χ0v) is 12.6. The fraction of sp³-hybridized carbons (Fsp3) is 0.562. The Balaban J connectivity index is 1.92. The van der Waals surface area contributed by atoms with Crippen LogP contribution in [-0.2, 0) is 6.42 Å². The van der Waals surface area contributed by atoms with Crippen molar-refractivity contribution >= 4 is 5.96 Å². The van der Waals surface area contributed by atoms with Crippen LogP contribution in [0.25, 0.3) is 0 Å². The number of hydrogen-bond acceptors (Lipinski definition) is 4. The Labute approximate surface area is 122 Å². The van der Waals surface area contributed by atoms with Gasteiger partial charge < -0.3 is 15.5 Å². The van der Waals surface area contributed by atoms with Crippen LogP contribution in [0, 0.1) is 0 Å². The van der Waals surface area contributed by atoms with Crippen LogP contribution in [0.15, 0.2) is 35.3 Å². The van der Waals surface area contributed by atoms with Gasteiger partial charge in [-0.1, -0.05) is 44.2 Å². The number of aliphatic imine (C=N–C) groups is 1. The van der Waals surface area contributed by atoms with Gasteiger partial charge in [0.05, 0.1) is 12.6 Å². The van der Waals surface area contributed by atoms with E-state index in [9.17, 15) is 0 Å². The van der Waals surface area contributed by atoms with Gasteiger partial charge in [-0.3, -0.25) is 4.99 Å². The number of benzene rings is 1. The van der Waals surface area contributed by atoms with Crippen molar-refractivity contribution in [2.45, 2.75) is 26.3 Å². The van der Waals surface area contributed by atoms with Gasteiger partial charge in [-0.05, 0) is 25.1 Å². The van der Waals surface area contributed by atoms with Crippen molar-refractivity contribution in [3.8, 4) is 0 Å². The summed E-state index contributed by atoms with van der Waals surface area (Å²) in [5.41, 5.74) is 7.41. The lowest BCUT2D eigenvalue weighted by Crippen LogP contribution is -2.45. The molecule has 2 N–H and O–H groups in total. The van der Waals surface area contributed by atoms with Crippen molar-refractivity contribution in [2.24, 2.45) is 10.7 Å². The Kier molecular flexibility index (Phi) is 5.41. The Bertz CT molecular complexity index is 425. The number of nitrogens with two attached hydrogens (primary N) is 1. The predicted octanol–water partition coefficient (Wildman–Crippen LogP) is 1.57. The normalized spacial score (nSPS) is 18.6. The van der Waals surface area contributed by atoms with Crippen molar-refractivity contribution in [1.82, 2.24) is 9.80 Å². The molecule has 1 aliphatic rings. The van der Waals surface area contributed by atoms with Gasteiger partial charge in [0.1, 0.15) is 0 Å². The summed E-state index contributed by atoms with van der Waals surface area (Å²) in [7, 11) is 0. The lowest BCUT2D eigenvalue weighted by molar-refractivity contribution is 0.246. The van der Waals surface area contributed by atoms with E-state index in [0.717, 1.165) is 39.1 Å². The van der Waals surface area contributed by atoms with Crippen LogP contribution in [0.5, 0.6) is 0 Å². The van der Waals surface area contributed by atoms with E-state index < -0.39 is 0 Å². The minimum atomic E-state index is 0.410. The van der Waals surface area contributed by atoms with Gasteiger partial charge in [0.2, 0.25) is 0 Å². The molecule has 4 heteroatoms. The SMILES string of the molecule is CCN(CC)CCN1C(N)=NCC1Cc1ccccc1. The first-order valence-electron chi connectivity index (χ1n) is 7.57. The summed E-state index contributed by atoms with van der Waals surface area (Å²) < 4.78 is 0. The first-order chi connectivity index (χ1) is 9.74. The summed E-state index contributed by atoms with van der Waals surface area (Å²) in [6.07, 6.45) is 1.02. The molecule has 0 saturated carbocycles. The van der Waals surface area contributed by atoms with Gasteiger partial charge in [0.25, 0.3) is 0 Å². The zero-order valence-electron chi connectivity index (χ0n) is 12.6. The molecule has 0 aromatic heterocycles. The molecular weight excluding hydrogens is 248 g/mol. The van der Waals surface area contributed by atoms with Crippen LogP contribution in [0.4, 0.5) is 0 Å². The van der Waals surface area contributed by atoms with Crippen LogP contribution in [-0.4, -0.2) is 54.5 Å². The monoisotopic (exact) mass is 274 g/mol. The third-order valence-corrected chi connectivity index (χ3v) is 4.06. The molecule has 20 heavy (non-hydrogen) atoms. The largest absolute Gasteiger partial charge is 0.370 e. The van der Waals surface area contributed by atoms with E-state index in [-0.39, 0.29) is 0 Å². The molecule has 1 atom stereocenters. The third-order valence-electron chi connectivity index (χ3n) is 4.06. The van der Waals surface area contributed by atoms with Gasteiger partial charge >= 0.3 is 0 Å². The number of hydrogen-bond donors (Lipinski definition) is 1. The van der Waals surface area contributed by atoms with Crippen LogP contribution in [0.1, 0.15) is 19.4 Å². The highest BCUT2D eigenvalue weighted by Gasteiger charge is 2.25. The first-order valence-corrected chi connectivity index (χ1v) is 7.57. The quantitative estimate of drug-likeness (QED) is 0.821. The average Bonchev–Trinajstić information content (AvgIpc) is 2.82. The van der Waals surface area contributed by atoms with E-state index in [0.29, 0.717) is 12.0 Å². The summed E-state index contributed by atoms with van der Waals surface area (Å²) in [5.74, 6) is 0.707. The average molecular weight is 274 g/mol. The molecule has 0 bridgehead atoms. The highest BCUT2D eigenvalue weighted by atomic mass is 15.3.